The molecule has 1 saturated heterocycles. The molecular weight excluding hydrogens is 454 g/mol. The van der Waals surface area contributed by atoms with Gasteiger partial charge in [-0.05, 0) is 34.1 Å². The van der Waals surface area contributed by atoms with Gasteiger partial charge in [-0.2, -0.15) is 9.57 Å². The van der Waals surface area contributed by atoms with Gasteiger partial charge in [0.25, 0.3) is 5.91 Å². The molecule has 0 aliphatic carbocycles. The summed E-state index contributed by atoms with van der Waals surface area (Å²) in [6.07, 6.45) is 0.172. The summed E-state index contributed by atoms with van der Waals surface area (Å²) < 4.78 is 37.5. The van der Waals surface area contributed by atoms with Crippen molar-refractivity contribution < 1.29 is 27.5 Å². The van der Waals surface area contributed by atoms with Gasteiger partial charge in [0.15, 0.2) is 6.61 Å². The molecule has 1 aliphatic heterocycles. The van der Waals surface area contributed by atoms with Crippen LogP contribution >= 0.6 is 15.9 Å². The molecule has 1 aromatic rings. The molecule has 1 fully saturated rings. The molecule has 2 rings (SSSR count). The predicted molar refractivity (Wildman–Crippen MR) is 102 cm³/mol. The van der Waals surface area contributed by atoms with E-state index in [1.807, 2.05) is 6.07 Å². The summed E-state index contributed by atoms with van der Waals surface area (Å²) in [5.74, 6) is -1.27. The second kappa shape index (κ2) is 9.97. The smallest absolute Gasteiger partial charge is 0.338 e. The highest BCUT2D eigenvalue weighted by Gasteiger charge is 2.29. The van der Waals surface area contributed by atoms with E-state index in [0.29, 0.717) is 17.7 Å². The van der Waals surface area contributed by atoms with Crippen LogP contribution in [0.25, 0.3) is 0 Å². The minimum atomic E-state index is -3.81. The second-order valence-electron chi connectivity index (χ2n) is 5.96. The monoisotopic (exact) mass is 473 g/mol. The minimum absolute atomic E-state index is 0.0162. The molecule has 1 heterocycles. The Balaban J connectivity index is 2.10. The number of hydrogen-bond acceptors (Lipinski definition) is 7. The number of halogens is 1. The van der Waals surface area contributed by atoms with Crippen molar-refractivity contribution in [3.8, 4) is 6.07 Å². The van der Waals surface area contributed by atoms with Crippen molar-refractivity contribution in [2.24, 2.45) is 0 Å². The highest BCUT2D eigenvalue weighted by atomic mass is 79.9. The van der Waals surface area contributed by atoms with E-state index in [0.717, 1.165) is 0 Å². The van der Waals surface area contributed by atoms with Crippen LogP contribution < -0.4 is 0 Å². The van der Waals surface area contributed by atoms with Crippen LogP contribution in [0.5, 0.6) is 0 Å². The van der Waals surface area contributed by atoms with Crippen molar-refractivity contribution in [3.63, 3.8) is 0 Å². The molecule has 0 saturated carbocycles. The molecule has 152 valence electrons. The maximum absolute atomic E-state index is 12.8. The molecule has 0 aromatic heterocycles. The van der Waals surface area contributed by atoms with Crippen LogP contribution in [-0.2, 0) is 24.3 Å². The number of morpholine rings is 1. The van der Waals surface area contributed by atoms with E-state index >= 15 is 0 Å². The van der Waals surface area contributed by atoms with E-state index < -0.39 is 28.5 Å². The lowest BCUT2D eigenvalue weighted by Crippen LogP contribution is -2.40. The molecule has 0 atom stereocenters. The molecule has 1 aliphatic rings. The molecule has 11 heteroatoms. The SMILES string of the molecule is CN(CCC#N)C(=O)COC(=O)c1ccc(Br)c(S(=O)(=O)N2CCOCC2)c1. The van der Waals surface area contributed by atoms with Crippen LogP contribution in [0.3, 0.4) is 0 Å². The van der Waals surface area contributed by atoms with Crippen LogP contribution in [0.1, 0.15) is 16.8 Å². The van der Waals surface area contributed by atoms with Gasteiger partial charge in [-0.1, -0.05) is 0 Å². The lowest BCUT2D eigenvalue weighted by atomic mass is 10.2. The number of carbonyl (C=O) groups excluding carboxylic acids is 2. The molecule has 28 heavy (non-hydrogen) atoms. The topological polar surface area (TPSA) is 117 Å². The molecule has 1 aromatic carbocycles. The maximum Gasteiger partial charge on any atom is 0.338 e. The van der Waals surface area contributed by atoms with Gasteiger partial charge in [0.05, 0.1) is 36.2 Å². The normalized spacial score (nSPS) is 14.9. The first-order chi connectivity index (χ1) is 13.3. The molecular formula is C17H20BrN3O6S. The lowest BCUT2D eigenvalue weighted by molar-refractivity contribution is -0.133. The van der Waals surface area contributed by atoms with Crippen molar-refractivity contribution >= 4 is 37.8 Å². The summed E-state index contributed by atoms with van der Waals surface area (Å²) in [5.41, 5.74) is 0.0162. The largest absolute Gasteiger partial charge is 0.452 e. The van der Waals surface area contributed by atoms with Gasteiger partial charge in [0, 0.05) is 31.2 Å². The van der Waals surface area contributed by atoms with Crippen LogP contribution in [-0.4, -0.2) is 76.0 Å². The number of ether oxygens (including phenoxy) is 2. The van der Waals surface area contributed by atoms with Gasteiger partial charge in [-0.15, -0.1) is 0 Å². The number of benzene rings is 1. The number of hydrogen-bond donors (Lipinski definition) is 0. The Morgan fingerprint density at radius 3 is 2.68 bits per heavy atom. The first-order valence-electron chi connectivity index (χ1n) is 8.43. The Labute approximate surface area is 172 Å². The zero-order valence-corrected chi connectivity index (χ0v) is 17.7. The van der Waals surface area contributed by atoms with Gasteiger partial charge in [0.2, 0.25) is 10.0 Å². The van der Waals surface area contributed by atoms with E-state index in [-0.39, 0.29) is 36.5 Å². The number of sulfonamides is 1. The van der Waals surface area contributed by atoms with E-state index in [9.17, 15) is 18.0 Å². The summed E-state index contributed by atoms with van der Waals surface area (Å²) in [5, 5.41) is 8.54. The molecule has 0 bridgehead atoms. The number of nitrogens with zero attached hydrogens (tertiary/aromatic N) is 3. The third-order valence-corrected chi connectivity index (χ3v) is 6.96. The molecule has 1 amide bonds. The maximum atomic E-state index is 12.8. The van der Waals surface area contributed by atoms with Gasteiger partial charge in [-0.25, -0.2) is 13.2 Å². The van der Waals surface area contributed by atoms with Gasteiger partial charge in [0.1, 0.15) is 0 Å². The van der Waals surface area contributed by atoms with Crippen molar-refractivity contribution in [1.29, 1.82) is 5.26 Å². The number of likely N-dealkylation sites (N-methyl/N-ethyl adjacent to an activating group) is 1. The summed E-state index contributed by atoms with van der Waals surface area (Å²) in [4.78, 5) is 25.4. The fourth-order valence-corrected chi connectivity index (χ4v) is 4.78. The Morgan fingerprint density at radius 2 is 2.04 bits per heavy atom. The van der Waals surface area contributed by atoms with E-state index in [2.05, 4.69) is 15.9 Å². The standard InChI is InChI=1S/C17H20BrN3O6S/c1-20(6-2-5-19)16(22)12-27-17(23)13-3-4-14(18)15(11-13)28(24,25)21-7-9-26-10-8-21/h3-4,11H,2,6-10,12H2,1H3. The number of esters is 1. The Hall–Kier alpha value is -2.00. The highest BCUT2D eigenvalue weighted by Crippen LogP contribution is 2.27. The molecule has 9 nitrogen and oxygen atoms in total. The molecule has 0 spiro atoms. The number of rotatable bonds is 7. The second-order valence-corrected chi connectivity index (χ2v) is 8.72. The van der Waals surface area contributed by atoms with E-state index in [1.165, 1.54) is 34.5 Å². The number of nitriles is 1. The van der Waals surface area contributed by atoms with Gasteiger partial charge < -0.3 is 14.4 Å². The van der Waals surface area contributed by atoms with Gasteiger partial charge in [-0.3, -0.25) is 4.79 Å². The van der Waals surface area contributed by atoms with Crippen molar-refractivity contribution in [3.05, 3.63) is 28.2 Å². The average Bonchev–Trinajstić information content (AvgIpc) is 2.70. The van der Waals surface area contributed by atoms with Crippen LogP contribution in [0, 0.1) is 11.3 Å². The van der Waals surface area contributed by atoms with Gasteiger partial charge >= 0.3 is 5.97 Å². The molecule has 0 N–H and O–H groups in total. The molecule has 0 radical (unpaired) electrons. The third-order valence-electron chi connectivity index (χ3n) is 4.07. The molecule has 0 unspecified atom stereocenters. The van der Waals surface area contributed by atoms with Crippen molar-refractivity contribution in [1.82, 2.24) is 9.21 Å². The van der Waals surface area contributed by atoms with Crippen molar-refractivity contribution in [2.45, 2.75) is 11.3 Å². The van der Waals surface area contributed by atoms with E-state index in [1.54, 1.807) is 0 Å². The minimum Gasteiger partial charge on any atom is -0.452 e. The first kappa shape index (κ1) is 22.3. The van der Waals surface area contributed by atoms with Crippen LogP contribution in [0.15, 0.2) is 27.6 Å². The Bertz CT molecular complexity index is 877. The number of amides is 1. The fraction of sp³-hybridized carbons (Fsp3) is 0.471. The zero-order chi connectivity index (χ0) is 20.7. The Morgan fingerprint density at radius 1 is 1.36 bits per heavy atom. The third kappa shape index (κ3) is 5.51. The summed E-state index contributed by atoms with van der Waals surface area (Å²) >= 11 is 3.21. The number of carbonyl (C=O) groups is 2. The summed E-state index contributed by atoms with van der Waals surface area (Å²) in [6.45, 7) is 0.801. The fourth-order valence-electron chi connectivity index (χ4n) is 2.42. The van der Waals surface area contributed by atoms with Crippen LogP contribution in [0.2, 0.25) is 0 Å². The average molecular weight is 474 g/mol. The quantitative estimate of drug-likeness (QED) is 0.542. The Kier molecular flexibility index (Phi) is 7.94. The first-order valence-corrected chi connectivity index (χ1v) is 10.7. The van der Waals surface area contributed by atoms with Crippen LogP contribution in [0.4, 0.5) is 0 Å². The predicted octanol–water partition coefficient (Wildman–Crippen LogP) is 0.999. The zero-order valence-electron chi connectivity index (χ0n) is 15.3. The lowest BCUT2D eigenvalue weighted by Gasteiger charge is -2.26. The van der Waals surface area contributed by atoms with Crippen molar-refractivity contribution in [2.75, 3.05) is 46.5 Å². The van der Waals surface area contributed by atoms with E-state index in [4.69, 9.17) is 14.7 Å². The summed E-state index contributed by atoms with van der Waals surface area (Å²) in [6, 6.07) is 6.01. The summed E-state index contributed by atoms with van der Waals surface area (Å²) in [7, 11) is -2.31. The highest BCUT2D eigenvalue weighted by molar-refractivity contribution is 9.10.